The Morgan fingerprint density at radius 1 is 0.658 bits per heavy atom. The van der Waals surface area contributed by atoms with E-state index in [0.717, 1.165) is 16.9 Å². The molecule has 0 amide bonds. The quantitative estimate of drug-likeness (QED) is 0.110. The summed E-state index contributed by atoms with van der Waals surface area (Å²) < 4.78 is 24.7. The van der Waals surface area contributed by atoms with Crippen LogP contribution in [0.1, 0.15) is 48.0 Å². The number of ether oxygens (including phenoxy) is 1. The van der Waals surface area contributed by atoms with E-state index in [1.807, 2.05) is 54.6 Å². The van der Waals surface area contributed by atoms with E-state index in [-0.39, 0.29) is 23.4 Å². The van der Waals surface area contributed by atoms with Crippen molar-refractivity contribution in [2.75, 3.05) is 6.61 Å². The fraction of sp³-hybridized carbons (Fsp3) is 0.300. The van der Waals surface area contributed by atoms with Crippen molar-refractivity contribution in [1.82, 2.24) is 0 Å². The Morgan fingerprint density at radius 2 is 1.11 bits per heavy atom. The molecule has 38 heavy (non-hydrogen) atoms. The van der Waals surface area contributed by atoms with E-state index in [0.29, 0.717) is 30.3 Å². The summed E-state index contributed by atoms with van der Waals surface area (Å²) in [5.41, 5.74) is 2.02. The molecule has 0 heterocycles. The highest BCUT2D eigenvalue weighted by atomic mass is 28.4. The van der Waals surface area contributed by atoms with Gasteiger partial charge in [0.25, 0.3) is 0 Å². The van der Waals surface area contributed by atoms with Crippen LogP contribution in [-0.2, 0) is 27.7 Å². The maximum Gasteiger partial charge on any atom is 0.698 e. The summed E-state index contributed by atoms with van der Waals surface area (Å²) in [7, 11) is -3.64. The fourth-order valence-electron chi connectivity index (χ4n) is 3.82. The van der Waals surface area contributed by atoms with Gasteiger partial charge in [-0.2, -0.15) is 0 Å². The first kappa shape index (κ1) is 30.3. The molecule has 0 spiro atoms. The minimum atomic E-state index is -3.64. The molecule has 0 fully saturated rings. The van der Waals surface area contributed by atoms with Crippen LogP contribution in [0.5, 0.6) is 5.75 Å². The third-order valence-corrected chi connectivity index (χ3v) is 7.89. The Labute approximate surface area is 226 Å². The molecular formula is C30H36O7Si. The van der Waals surface area contributed by atoms with Crippen LogP contribution in [0.15, 0.2) is 90.1 Å². The Bertz CT molecular complexity index is 1130. The first-order valence-electron chi connectivity index (χ1n) is 12.4. The molecule has 0 saturated heterocycles. The van der Waals surface area contributed by atoms with Crippen LogP contribution in [0.4, 0.5) is 0 Å². The summed E-state index contributed by atoms with van der Waals surface area (Å²) in [6.07, 6.45) is 4.50. The minimum absolute atomic E-state index is 0.196. The Hall–Kier alpha value is -3.91. The smallest absolute Gasteiger partial charge is 0.493 e. The third-order valence-electron chi connectivity index (χ3n) is 5.03. The average Bonchev–Trinajstić information content (AvgIpc) is 2.81. The molecule has 0 aliphatic heterocycles. The van der Waals surface area contributed by atoms with Gasteiger partial charge in [0.2, 0.25) is 0 Å². The van der Waals surface area contributed by atoms with Crippen molar-refractivity contribution in [3.8, 4) is 16.9 Å². The lowest BCUT2D eigenvalue weighted by molar-refractivity contribution is -0.113. The molecule has 0 aliphatic rings. The molecule has 0 atom stereocenters. The van der Waals surface area contributed by atoms with Crippen LogP contribution in [0, 0.1) is 0 Å². The van der Waals surface area contributed by atoms with E-state index < -0.39 is 8.80 Å². The van der Waals surface area contributed by atoms with Gasteiger partial charge in [0, 0.05) is 23.8 Å². The number of rotatable bonds is 15. The molecule has 0 aliphatic carbocycles. The number of carbonyl (C=O) groups excluding carboxylic acids is 3. The topological polar surface area (TPSA) is 88.1 Å². The predicted molar refractivity (Wildman–Crippen MR) is 149 cm³/mol. The first-order chi connectivity index (χ1) is 18.0. The second kappa shape index (κ2) is 14.7. The normalized spacial score (nSPS) is 13.8. The lowest BCUT2D eigenvalue weighted by Gasteiger charge is -2.31. The highest BCUT2D eigenvalue weighted by Gasteiger charge is 2.49. The number of para-hydroxylation sites is 1. The van der Waals surface area contributed by atoms with Crippen LogP contribution >= 0.6 is 0 Å². The van der Waals surface area contributed by atoms with E-state index in [1.165, 1.54) is 39.0 Å². The van der Waals surface area contributed by atoms with Crippen molar-refractivity contribution in [2.45, 2.75) is 54.0 Å². The number of carbonyl (C=O) groups is 3. The van der Waals surface area contributed by atoms with Gasteiger partial charge in [-0.3, -0.25) is 14.4 Å². The molecule has 2 rings (SSSR count). The van der Waals surface area contributed by atoms with Crippen molar-refractivity contribution in [3.63, 3.8) is 0 Å². The largest absolute Gasteiger partial charge is 0.698 e. The fourth-order valence-corrected chi connectivity index (χ4v) is 6.48. The van der Waals surface area contributed by atoms with Crippen LogP contribution in [0.25, 0.3) is 11.1 Å². The van der Waals surface area contributed by atoms with Gasteiger partial charge in [-0.1, -0.05) is 48.5 Å². The van der Waals surface area contributed by atoms with Gasteiger partial charge in [0.1, 0.15) is 5.75 Å². The summed E-state index contributed by atoms with van der Waals surface area (Å²) in [6, 6.07) is 18.0. The second-order valence-electron chi connectivity index (χ2n) is 8.90. The summed E-state index contributed by atoms with van der Waals surface area (Å²) in [5, 5.41) is 0. The minimum Gasteiger partial charge on any atom is -0.493 e. The van der Waals surface area contributed by atoms with Crippen molar-refractivity contribution < 1.29 is 32.4 Å². The maximum absolute atomic E-state index is 11.7. The SMILES string of the molecule is CC(=O)C=C(C)O[Si](CCCOc1ccccc1-c1ccccc1)(OC(C)=CC(C)=O)OC(C)=CC(C)=O. The molecule has 0 unspecified atom stereocenters. The molecule has 0 N–H and O–H groups in total. The van der Waals surface area contributed by atoms with Crippen molar-refractivity contribution in [2.24, 2.45) is 0 Å². The highest BCUT2D eigenvalue weighted by Crippen LogP contribution is 2.31. The summed E-state index contributed by atoms with van der Waals surface area (Å²) in [5.74, 6) is 1.08. The molecule has 2 aromatic rings. The Balaban J connectivity index is 2.32. The highest BCUT2D eigenvalue weighted by molar-refractivity contribution is 6.61. The van der Waals surface area contributed by atoms with Gasteiger partial charge in [-0.25, -0.2) is 0 Å². The van der Waals surface area contributed by atoms with Gasteiger partial charge in [0.05, 0.1) is 29.9 Å². The number of hydrogen-bond acceptors (Lipinski definition) is 7. The zero-order chi connectivity index (χ0) is 28.1. The summed E-state index contributed by atoms with van der Waals surface area (Å²) in [4.78, 5) is 35.1. The third kappa shape index (κ3) is 10.6. The summed E-state index contributed by atoms with van der Waals surface area (Å²) >= 11 is 0. The van der Waals surface area contributed by atoms with Gasteiger partial charge < -0.3 is 18.0 Å². The van der Waals surface area contributed by atoms with E-state index in [1.54, 1.807) is 20.8 Å². The van der Waals surface area contributed by atoms with Crippen LogP contribution in [0.2, 0.25) is 6.04 Å². The van der Waals surface area contributed by atoms with Gasteiger partial charge in [-0.05, 0) is 59.6 Å². The predicted octanol–water partition coefficient (Wildman–Crippen LogP) is 6.59. The lowest BCUT2D eigenvalue weighted by atomic mass is 10.1. The van der Waals surface area contributed by atoms with E-state index in [9.17, 15) is 14.4 Å². The number of ketones is 3. The second-order valence-corrected chi connectivity index (χ2v) is 11.4. The Kier molecular flexibility index (Phi) is 11.8. The maximum atomic E-state index is 11.7. The van der Waals surface area contributed by atoms with Gasteiger partial charge in [0.15, 0.2) is 17.3 Å². The van der Waals surface area contributed by atoms with Crippen molar-refractivity contribution in [1.29, 1.82) is 0 Å². The monoisotopic (exact) mass is 536 g/mol. The van der Waals surface area contributed by atoms with Crippen LogP contribution < -0.4 is 4.74 Å². The molecule has 0 aromatic heterocycles. The van der Waals surface area contributed by atoms with Crippen molar-refractivity contribution in [3.05, 3.63) is 90.1 Å². The van der Waals surface area contributed by atoms with Crippen molar-refractivity contribution >= 4 is 26.2 Å². The van der Waals surface area contributed by atoms with Gasteiger partial charge >= 0.3 is 8.80 Å². The Morgan fingerprint density at radius 3 is 1.58 bits per heavy atom. The molecule has 2 aromatic carbocycles. The molecule has 0 bridgehead atoms. The average molecular weight is 537 g/mol. The molecular weight excluding hydrogens is 500 g/mol. The number of allylic oxidation sites excluding steroid dienone is 6. The van der Waals surface area contributed by atoms with Crippen LogP contribution in [-0.4, -0.2) is 32.8 Å². The number of hydrogen-bond donors (Lipinski definition) is 0. The van der Waals surface area contributed by atoms with Gasteiger partial charge in [-0.15, -0.1) is 0 Å². The zero-order valence-electron chi connectivity index (χ0n) is 22.9. The lowest BCUT2D eigenvalue weighted by Crippen LogP contribution is -2.45. The molecule has 202 valence electrons. The molecule has 7 nitrogen and oxygen atoms in total. The van der Waals surface area contributed by atoms with E-state index in [4.69, 9.17) is 18.0 Å². The molecule has 0 radical (unpaired) electrons. The number of benzene rings is 2. The van der Waals surface area contributed by atoms with Crippen LogP contribution in [0.3, 0.4) is 0 Å². The first-order valence-corrected chi connectivity index (χ1v) is 14.3. The standard InChI is InChI=1S/C30H36O7Si/c1-22(31)19-25(4)35-38(36-26(5)20-23(2)32,37-27(6)21-24(3)33)18-12-17-34-30-16-11-10-15-29(30)28-13-8-7-9-14-28/h7-11,13-16,19-21H,12,17-18H2,1-6H3. The van der Waals surface area contributed by atoms with E-state index >= 15 is 0 Å². The summed E-state index contributed by atoms with van der Waals surface area (Å²) in [6.45, 7) is 9.48. The van der Waals surface area contributed by atoms with E-state index in [2.05, 4.69) is 0 Å². The molecule has 0 saturated carbocycles. The molecule has 8 heteroatoms. The zero-order valence-corrected chi connectivity index (χ0v) is 23.9.